The van der Waals surface area contributed by atoms with E-state index in [1.54, 1.807) is 0 Å². The van der Waals surface area contributed by atoms with Crippen molar-refractivity contribution in [2.75, 3.05) is 0 Å². The zero-order chi connectivity index (χ0) is 29.5. The molecule has 0 aliphatic rings. The fraction of sp³-hybridized carbons (Fsp3) is 0.462. The lowest BCUT2D eigenvalue weighted by Gasteiger charge is -2.39. The van der Waals surface area contributed by atoms with Gasteiger partial charge in [-0.3, -0.25) is 4.79 Å². The zero-order valence-corrected chi connectivity index (χ0v) is 26.0. The van der Waals surface area contributed by atoms with E-state index in [9.17, 15) is 9.90 Å². The normalized spacial score (nSPS) is 12.6. The first-order valence-electron chi connectivity index (χ1n) is 16.0. The number of carbonyl (C=O) groups is 1. The Labute approximate surface area is 249 Å². The molecule has 0 bridgehead atoms. The van der Waals surface area contributed by atoms with Gasteiger partial charge in [0.1, 0.15) is 5.41 Å². The topological polar surface area (TPSA) is 37.3 Å². The molecule has 3 aromatic rings. The van der Waals surface area contributed by atoms with Crippen molar-refractivity contribution >= 4 is 5.97 Å². The second-order valence-electron chi connectivity index (χ2n) is 12.0. The number of aryl methyl sites for hydroxylation is 3. The van der Waals surface area contributed by atoms with Crippen LogP contribution in [0.5, 0.6) is 0 Å². The van der Waals surface area contributed by atoms with E-state index in [1.807, 2.05) is 48.5 Å². The molecule has 0 aliphatic heterocycles. The van der Waals surface area contributed by atoms with Crippen LogP contribution in [0, 0.1) is 20.8 Å². The van der Waals surface area contributed by atoms with E-state index >= 15 is 0 Å². The number of aliphatic carboxylic acids is 1. The van der Waals surface area contributed by atoms with E-state index in [0.717, 1.165) is 59.9 Å². The van der Waals surface area contributed by atoms with Crippen molar-refractivity contribution in [2.45, 2.75) is 116 Å². The van der Waals surface area contributed by atoms with E-state index in [1.165, 1.54) is 50.5 Å². The number of carboxylic acid groups (broad SMARTS) is 1. The average molecular weight is 553 g/mol. The highest BCUT2D eigenvalue weighted by Gasteiger charge is 2.49. The molecule has 3 aromatic carbocycles. The quantitative estimate of drug-likeness (QED) is 0.126. The minimum Gasteiger partial charge on any atom is -0.480 e. The van der Waals surface area contributed by atoms with Crippen LogP contribution >= 0.6 is 0 Å². The van der Waals surface area contributed by atoms with Crippen LogP contribution in [-0.2, 0) is 10.2 Å². The van der Waals surface area contributed by atoms with Gasteiger partial charge >= 0.3 is 5.97 Å². The van der Waals surface area contributed by atoms with Crippen LogP contribution < -0.4 is 0 Å². The van der Waals surface area contributed by atoms with Crippen molar-refractivity contribution in [3.8, 4) is 0 Å². The Morgan fingerprint density at radius 3 is 1.51 bits per heavy atom. The molecule has 0 radical (unpaired) electrons. The number of carboxylic acids is 1. The molecule has 1 atom stereocenters. The van der Waals surface area contributed by atoms with Crippen molar-refractivity contribution in [1.29, 1.82) is 0 Å². The summed E-state index contributed by atoms with van der Waals surface area (Å²) in [4.78, 5) is 13.6. The number of allylic oxidation sites excluding steroid dienone is 2. The molecular formula is C39H52O2. The third-order valence-corrected chi connectivity index (χ3v) is 8.61. The lowest BCUT2D eigenvalue weighted by molar-refractivity contribution is -0.143. The molecular weight excluding hydrogens is 500 g/mol. The largest absolute Gasteiger partial charge is 0.480 e. The van der Waals surface area contributed by atoms with Gasteiger partial charge in [0.05, 0.1) is 0 Å². The molecule has 3 rings (SSSR count). The number of hydrogen-bond acceptors (Lipinski definition) is 1. The Morgan fingerprint density at radius 1 is 0.634 bits per heavy atom. The first-order chi connectivity index (χ1) is 19.9. The predicted octanol–water partition coefficient (Wildman–Crippen LogP) is 11.0. The van der Waals surface area contributed by atoms with Gasteiger partial charge in [0, 0.05) is 5.92 Å². The minimum atomic E-state index is -1.17. The summed E-state index contributed by atoms with van der Waals surface area (Å²) in [7, 11) is 0. The lowest BCUT2D eigenvalue weighted by atomic mass is 9.62. The van der Waals surface area contributed by atoms with Gasteiger partial charge in [0.15, 0.2) is 0 Å². The van der Waals surface area contributed by atoms with Crippen LogP contribution in [0.15, 0.2) is 84.9 Å². The molecule has 0 amide bonds. The highest BCUT2D eigenvalue weighted by molar-refractivity contribution is 5.88. The summed E-state index contributed by atoms with van der Waals surface area (Å²) >= 11 is 0. The fourth-order valence-corrected chi connectivity index (χ4v) is 6.10. The van der Waals surface area contributed by atoms with Crippen molar-refractivity contribution in [1.82, 2.24) is 0 Å². The summed E-state index contributed by atoms with van der Waals surface area (Å²) in [5.41, 5.74) is 5.07. The molecule has 2 heteroatoms. The first kappa shape index (κ1) is 32.4. The van der Waals surface area contributed by atoms with Gasteiger partial charge in [0.2, 0.25) is 0 Å². The van der Waals surface area contributed by atoms with Gasteiger partial charge in [0.25, 0.3) is 0 Å². The van der Waals surface area contributed by atoms with Gasteiger partial charge in [-0.2, -0.15) is 0 Å². The molecule has 41 heavy (non-hydrogen) atoms. The molecule has 0 saturated heterocycles. The summed E-state index contributed by atoms with van der Waals surface area (Å²) in [5, 5.41) is 11.2. The minimum absolute atomic E-state index is 0.186. The molecule has 0 fully saturated rings. The highest BCUT2D eigenvalue weighted by Crippen LogP contribution is 2.48. The Balaban J connectivity index is 1.79. The summed E-state index contributed by atoms with van der Waals surface area (Å²) in [6.45, 7) is 8.46. The summed E-state index contributed by atoms with van der Waals surface area (Å²) in [5.74, 6) is -0.970. The van der Waals surface area contributed by atoms with Gasteiger partial charge in [-0.15, -0.1) is 0 Å². The number of unbranched alkanes of at least 4 members (excludes halogenated alkanes) is 9. The summed E-state index contributed by atoms with van der Waals surface area (Å²) < 4.78 is 0. The number of rotatable bonds is 18. The molecule has 0 saturated carbocycles. The second kappa shape index (κ2) is 17.0. The highest BCUT2D eigenvalue weighted by atomic mass is 16.4. The molecule has 0 aromatic heterocycles. The Morgan fingerprint density at radius 2 is 1.05 bits per heavy atom. The Bertz CT molecular complexity index is 1140. The molecule has 220 valence electrons. The van der Waals surface area contributed by atoms with Gasteiger partial charge in [-0.05, 0) is 69.6 Å². The molecule has 0 spiro atoms. The van der Waals surface area contributed by atoms with Crippen molar-refractivity contribution in [2.24, 2.45) is 0 Å². The Kier molecular flexibility index (Phi) is 13.4. The fourth-order valence-electron chi connectivity index (χ4n) is 6.10. The maximum atomic E-state index is 13.6. The van der Waals surface area contributed by atoms with Gasteiger partial charge < -0.3 is 5.11 Å². The van der Waals surface area contributed by atoms with Crippen molar-refractivity contribution in [3.05, 3.63) is 118 Å². The summed E-state index contributed by atoms with van der Waals surface area (Å²) in [6, 6.07) is 24.8. The third kappa shape index (κ3) is 9.18. The van der Waals surface area contributed by atoms with E-state index < -0.39 is 11.4 Å². The van der Waals surface area contributed by atoms with Gasteiger partial charge in [-0.1, -0.05) is 154 Å². The molecule has 0 heterocycles. The molecule has 2 nitrogen and oxygen atoms in total. The lowest BCUT2D eigenvalue weighted by Crippen LogP contribution is -2.43. The SMILES string of the molecule is CCCCCCCCC=CCCCCCC(c1ccc(C)cc1)C(C(=O)O)(c1ccc(C)cc1)c1ccc(C)cc1. The van der Waals surface area contributed by atoms with Crippen LogP contribution in [0.2, 0.25) is 0 Å². The van der Waals surface area contributed by atoms with E-state index in [0.29, 0.717) is 0 Å². The van der Waals surface area contributed by atoms with E-state index in [4.69, 9.17) is 0 Å². The molecule has 1 unspecified atom stereocenters. The second-order valence-corrected chi connectivity index (χ2v) is 12.0. The molecule has 0 aliphatic carbocycles. The maximum absolute atomic E-state index is 13.6. The monoisotopic (exact) mass is 552 g/mol. The first-order valence-corrected chi connectivity index (χ1v) is 16.0. The maximum Gasteiger partial charge on any atom is 0.319 e. The standard InChI is InChI=1S/C39H52O2/c1-5-6-7-8-9-10-11-12-13-14-15-16-17-18-37(34-25-19-31(2)20-26-34)39(38(40)41,35-27-21-32(3)22-28-35)36-29-23-33(4)24-30-36/h12-13,19-30,37H,5-11,14-18H2,1-4H3,(H,40,41). The van der Waals surface area contributed by atoms with Crippen LogP contribution in [0.3, 0.4) is 0 Å². The average Bonchev–Trinajstić information content (AvgIpc) is 2.97. The smallest absolute Gasteiger partial charge is 0.319 e. The van der Waals surface area contributed by atoms with Crippen LogP contribution in [0.1, 0.15) is 123 Å². The predicted molar refractivity (Wildman–Crippen MR) is 175 cm³/mol. The number of benzene rings is 3. The third-order valence-electron chi connectivity index (χ3n) is 8.61. The van der Waals surface area contributed by atoms with E-state index in [2.05, 4.69) is 64.1 Å². The van der Waals surface area contributed by atoms with Gasteiger partial charge in [-0.25, -0.2) is 0 Å². The van der Waals surface area contributed by atoms with Crippen LogP contribution in [0.4, 0.5) is 0 Å². The van der Waals surface area contributed by atoms with Crippen LogP contribution in [-0.4, -0.2) is 11.1 Å². The molecule has 1 N–H and O–H groups in total. The van der Waals surface area contributed by atoms with Crippen molar-refractivity contribution in [3.63, 3.8) is 0 Å². The summed E-state index contributed by atoms with van der Waals surface area (Å²) in [6.07, 6.45) is 19.1. The Hall–Kier alpha value is -3.13. The zero-order valence-electron chi connectivity index (χ0n) is 26.0. The van der Waals surface area contributed by atoms with Crippen LogP contribution in [0.25, 0.3) is 0 Å². The van der Waals surface area contributed by atoms with E-state index in [-0.39, 0.29) is 5.92 Å². The number of hydrogen-bond donors (Lipinski definition) is 1. The van der Waals surface area contributed by atoms with Crippen molar-refractivity contribution < 1.29 is 9.90 Å².